The van der Waals surface area contributed by atoms with Crippen LogP contribution in [-0.2, 0) is 9.53 Å². The minimum Gasteiger partial charge on any atom is -0.468 e. The number of ether oxygens (including phenoxy) is 1. The summed E-state index contributed by atoms with van der Waals surface area (Å²) in [6.45, 7) is 1.75. The zero-order valence-corrected chi connectivity index (χ0v) is 10.7. The summed E-state index contributed by atoms with van der Waals surface area (Å²) >= 11 is 1.85. The first-order valence-electron chi connectivity index (χ1n) is 5.73. The van der Waals surface area contributed by atoms with E-state index in [9.17, 15) is 4.79 Å². The molecule has 1 aliphatic rings. The van der Waals surface area contributed by atoms with E-state index in [1.54, 1.807) is 13.4 Å². The third-order valence-electron chi connectivity index (χ3n) is 2.82. The third-order valence-corrected chi connectivity index (χ3v) is 4.11. The number of thioether (sulfide) groups is 1. The summed E-state index contributed by atoms with van der Waals surface area (Å²) in [5.74, 6) is 2.03. The highest BCUT2D eigenvalue weighted by Gasteiger charge is 2.23. The first-order valence-corrected chi connectivity index (χ1v) is 6.78. The lowest BCUT2D eigenvalue weighted by Gasteiger charge is -2.19. The summed E-state index contributed by atoms with van der Waals surface area (Å²) in [5.41, 5.74) is 0. The van der Waals surface area contributed by atoms with Crippen molar-refractivity contribution in [3.05, 3.63) is 24.2 Å². The summed E-state index contributed by atoms with van der Waals surface area (Å²) in [6, 6.07) is 3.92. The predicted octanol–water partition coefficient (Wildman–Crippen LogP) is 1.93. The summed E-state index contributed by atoms with van der Waals surface area (Å²) < 4.78 is 10.3. The molecule has 1 atom stereocenters. The van der Waals surface area contributed by atoms with E-state index in [1.165, 1.54) is 0 Å². The maximum Gasteiger partial charge on any atom is 0.248 e. The van der Waals surface area contributed by atoms with Gasteiger partial charge in [0.15, 0.2) is 0 Å². The summed E-state index contributed by atoms with van der Waals surface area (Å²) in [7, 11) is 1.55. The van der Waals surface area contributed by atoms with Crippen molar-refractivity contribution in [3.63, 3.8) is 0 Å². The van der Waals surface area contributed by atoms with Crippen LogP contribution in [0.4, 0.5) is 0 Å². The summed E-state index contributed by atoms with van der Waals surface area (Å²) in [6.07, 6.45) is 2.64. The van der Waals surface area contributed by atoms with Gasteiger partial charge in [-0.15, -0.1) is 11.8 Å². The van der Waals surface area contributed by atoms with E-state index in [4.69, 9.17) is 9.15 Å². The van der Waals surface area contributed by atoms with Crippen molar-refractivity contribution in [3.8, 4) is 0 Å². The van der Waals surface area contributed by atoms with Crippen LogP contribution in [0.5, 0.6) is 0 Å². The van der Waals surface area contributed by atoms with Crippen molar-refractivity contribution in [2.75, 3.05) is 32.6 Å². The molecule has 2 heterocycles. The van der Waals surface area contributed by atoms with Crippen LogP contribution in [0, 0.1) is 0 Å². The lowest BCUT2D eigenvalue weighted by Crippen LogP contribution is -2.35. The number of amides is 1. The standard InChI is InChI=1S/C12H17NO3S/c1-15-9-12(14)13-5-4-11(17-8-6-13)10-3-2-7-16-10/h2-3,7,11H,4-6,8-9H2,1H3/t11-/m0/s1. The maximum atomic E-state index is 11.7. The van der Waals surface area contributed by atoms with Gasteiger partial charge >= 0.3 is 0 Å². The van der Waals surface area contributed by atoms with Crippen molar-refractivity contribution in [2.24, 2.45) is 0 Å². The number of hydrogen-bond acceptors (Lipinski definition) is 4. The van der Waals surface area contributed by atoms with Crippen molar-refractivity contribution < 1.29 is 13.9 Å². The highest BCUT2D eigenvalue weighted by atomic mass is 32.2. The van der Waals surface area contributed by atoms with E-state index in [2.05, 4.69) is 0 Å². The van der Waals surface area contributed by atoms with Gasteiger partial charge in [0.2, 0.25) is 5.91 Å². The molecule has 0 saturated carbocycles. The first kappa shape index (κ1) is 12.5. The number of furan rings is 1. The molecular weight excluding hydrogens is 238 g/mol. The second-order valence-corrected chi connectivity index (χ2v) is 5.29. The Morgan fingerprint density at radius 1 is 1.65 bits per heavy atom. The van der Waals surface area contributed by atoms with Crippen molar-refractivity contribution in [2.45, 2.75) is 11.7 Å². The Morgan fingerprint density at radius 2 is 2.53 bits per heavy atom. The Bertz CT molecular complexity index is 353. The van der Waals surface area contributed by atoms with E-state index in [0.29, 0.717) is 5.25 Å². The average Bonchev–Trinajstić information content (AvgIpc) is 2.74. The van der Waals surface area contributed by atoms with Gasteiger partial charge in [0.05, 0.1) is 11.5 Å². The minimum atomic E-state index is 0.0770. The monoisotopic (exact) mass is 255 g/mol. The molecule has 1 aromatic heterocycles. The molecule has 1 aliphatic heterocycles. The molecule has 1 fully saturated rings. The molecule has 0 radical (unpaired) electrons. The number of nitrogens with zero attached hydrogens (tertiary/aromatic N) is 1. The number of carbonyl (C=O) groups excluding carboxylic acids is 1. The van der Waals surface area contributed by atoms with Gasteiger partial charge in [-0.1, -0.05) is 0 Å². The topological polar surface area (TPSA) is 42.7 Å². The van der Waals surface area contributed by atoms with E-state index in [1.807, 2.05) is 28.8 Å². The Labute approximate surface area is 105 Å². The van der Waals surface area contributed by atoms with Crippen molar-refractivity contribution in [1.82, 2.24) is 4.90 Å². The summed E-state index contributed by atoms with van der Waals surface area (Å²) in [4.78, 5) is 13.6. The van der Waals surface area contributed by atoms with E-state index < -0.39 is 0 Å². The van der Waals surface area contributed by atoms with Crippen LogP contribution in [0.25, 0.3) is 0 Å². The third kappa shape index (κ3) is 3.26. The highest BCUT2D eigenvalue weighted by Crippen LogP contribution is 2.34. The number of rotatable bonds is 3. The van der Waals surface area contributed by atoms with Crippen molar-refractivity contribution >= 4 is 17.7 Å². The molecule has 0 unspecified atom stereocenters. The molecule has 0 bridgehead atoms. The van der Waals surface area contributed by atoms with Crippen LogP contribution in [0.1, 0.15) is 17.4 Å². The van der Waals surface area contributed by atoms with E-state index >= 15 is 0 Å². The van der Waals surface area contributed by atoms with Gasteiger partial charge in [-0.3, -0.25) is 4.79 Å². The molecule has 1 aromatic rings. The van der Waals surface area contributed by atoms with Gasteiger partial charge in [0.25, 0.3) is 0 Å². The highest BCUT2D eigenvalue weighted by molar-refractivity contribution is 7.99. The molecule has 0 N–H and O–H groups in total. The average molecular weight is 255 g/mol. The zero-order chi connectivity index (χ0) is 12.1. The van der Waals surface area contributed by atoms with Gasteiger partial charge in [-0.2, -0.15) is 0 Å². The second-order valence-electron chi connectivity index (χ2n) is 3.98. The fourth-order valence-electron chi connectivity index (χ4n) is 1.94. The number of methoxy groups -OCH3 is 1. The number of hydrogen-bond donors (Lipinski definition) is 0. The molecule has 4 nitrogen and oxygen atoms in total. The SMILES string of the molecule is COCC(=O)N1CCS[C@H](c2ccco2)CC1. The zero-order valence-electron chi connectivity index (χ0n) is 9.93. The predicted molar refractivity (Wildman–Crippen MR) is 67.0 cm³/mol. The van der Waals surface area contributed by atoms with Crippen LogP contribution >= 0.6 is 11.8 Å². The lowest BCUT2D eigenvalue weighted by molar-refractivity contribution is -0.134. The summed E-state index contributed by atoms with van der Waals surface area (Å²) in [5, 5.41) is 0.366. The fourth-order valence-corrected chi connectivity index (χ4v) is 3.12. The lowest BCUT2D eigenvalue weighted by atomic mass is 10.2. The van der Waals surface area contributed by atoms with Crippen LogP contribution in [0.15, 0.2) is 22.8 Å². The smallest absolute Gasteiger partial charge is 0.248 e. The molecule has 1 saturated heterocycles. The minimum absolute atomic E-state index is 0.0770. The molecule has 17 heavy (non-hydrogen) atoms. The molecule has 0 aromatic carbocycles. The van der Waals surface area contributed by atoms with Gasteiger partial charge in [0.1, 0.15) is 12.4 Å². The van der Waals surface area contributed by atoms with Crippen LogP contribution in [-0.4, -0.2) is 43.4 Å². The van der Waals surface area contributed by atoms with Crippen LogP contribution < -0.4 is 0 Å². The Balaban J connectivity index is 1.91. The number of carbonyl (C=O) groups is 1. The second kappa shape index (κ2) is 6.12. The van der Waals surface area contributed by atoms with Crippen LogP contribution in [0.3, 0.4) is 0 Å². The van der Waals surface area contributed by atoms with Gasteiger partial charge in [0, 0.05) is 26.0 Å². The fraction of sp³-hybridized carbons (Fsp3) is 0.583. The molecule has 5 heteroatoms. The van der Waals surface area contributed by atoms with Gasteiger partial charge in [-0.05, 0) is 18.6 Å². The largest absolute Gasteiger partial charge is 0.468 e. The van der Waals surface area contributed by atoms with E-state index in [-0.39, 0.29) is 12.5 Å². The molecule has 0 aliphatic carbocycles. The Kier molecular flexibility index (Phi) is 4.50. The molecular formula is C12H17NO3S. The molecule has 0 spiro atoms. The van der Waals surface area contributed by atoms with E-state index in [0.717, 1.165) is 31.0 Å². The van der Waals surface area contributed by atoms with Crippen molar-refractivity contribution in [1.29, 1.82) is 0 Å². The normalized spacial score (nSPS) is 21.2. The van der Waals surface area contributed by atoms with Gasteiger partial charge < -0.3 is 14.1 Å². The quantitative estimate of drug-likeness (QED) is 0.827. The van der Waals surface area contributed by atoms with Crippen LogP contribution in [0.2, 0.25) is 0 Å². The van der Waals surface area contributed by atoms with Gasteiger partial charge in [-0.25, -0.2) is 0 Å². The molecule has 1 amide bonds. The molecule has 94 valence electrons. The first-order chi connectivity index (χ1) is 8.31. The Morgan fingerprint density at radius 3 is 3.24 bits per heavy atom. The molecule has 2 rings (SSSR count). The maximum absolute atomic E-state index is 11.7. The Hall–Kier alpha value is -0.940.